The first-order valence-corrected chi connectivity index (χ1v) is 14.9. The van der Waals surface area contributed by atoms with Gasteiger partial charge in [0.2, 0.25) is 5.91 Å². The van der Waals surface area contributed by atoms with Gasteiger partial charge >= 0.3 is 0 Å². The number of amides is 1. The van der Waals surface area contributed by atoms with E-state index in [1.54, 1.807) is 16.7 Å². The summed E-state index contributed by atoms with van der Waals surface area (Å²) in [4.78, 5) is 18.1. The first kappa shape index (κ1) is 27.9. The second kappa shape index (κ2) is 11.2. The van der Waals surface area contributed by atoms with E-state index in [1.165, 1.54) is 23.9 Å². The first-order chi connectivity index (χ1) is 20.2. The maximum absolute atomic E-state index is 13.0. The highest BCUT2D eigenvalue weighted by atomic mass is 32.2. The molecule has 5 aromatic rings. The lowest BCUT2D eigenvalue weighted by Gasteiger charge is -2.33. The van der Waals surface area contributed by atoms with E-state index < -0.39 is 5.60 Å². The lowest BCUT2D eigenvalue weighted by molar-refractivity contribution is -0.113. The van der Waals surface area contributed by atoms with Gasteiger partial charge in [0, 0.05) is 29.0 Å². The quantitative estimate of drug-likeness (QED) is 0.0920. The molecule has 0 spiro atoms. The number of carbonyl (C=O) groups excluding carboxylic acids is 1. The summed E-state index contributed by atoms with van der Waals surface area (Å²) in [6, 6.07) is 25.7. The van der Waals surface area contributed by atoms with Crippen molar-refractivity contribution in [1.29, 1.82) is 5.41 Å². The topological polar surface area (TPSA) is 105 Å². The van der Waals surface area contributed by atoms with Gasteiger partial charge in [0.15, 0.2) is 10.8 Å². The summed E-state index contributed by atoms with van der Waals surface area (Å²) in [7, 11) is 0. The molecule has 0 unspecified atom stereocenters. The Morgan fingerprint density at radius 2 is 1.62 bits per heavy atom. The molecule has 3 heterocycles. The number of aromatic hydroxyl groups is 1. The molecule has 1 aliphatic heterocycles. The van der Waals surface area contributed by atoms with Crippen LogP contribution in [0.1, 0.15) is 25.0 Å². The van der Waals surface area contributed by atoms with Crippen molar-refractivity contribution < 1.29 is 14.6 Å². The molecule has 0 fully saturated rings. The van der Waals surface area contributed by atoms with E-state index in [-0.39, 0.29) is 22.9 Å². The third-order valence-electron chi connectivity index (χ3n) is 7.14. The van der Waals surface area contributed by atoms with Crippen LogP contribution >= 0.6 is 24.0 Å². The number of para-hydroxylation sites is 2. The third kappa shape index (κ3) is 5.36. The SMILES string of the molecule is CC1(C)Cc2c(c(=S)n(-c3ccccc3)c3nc(SCC(=O)Nc4ccc(O)cc4)n(-c4ccccc4)c(=N)c23)CO1. The summed E-state index contributed by atoms with van der Waals surface area (Å²) in [6.45, 7) is 4.44. The highest BCUT2D eigenvalue weighted by molar-refractivity contribution is 7.99. The fourth-order valence-electron chi connectivity index (χ4n) is 5.15. The highest BCUT2D eigenvalue weighted by Crippen LogP contribution is 2.35. The summed E-state index contributed by atoms with van der Waals surface area (Å²) in [5, 5.41) is 23.2. The van der Waals surface area contributed by atoms with Crippen molar-refractivity contribution in [3.63, 3.8) is 0 Å². The molecular formula is C32H29N5O3S2. The average molecular weight is 596 g/mol. The van der Waals surface area contributed by atoms with Crippen LogP contribution in [0.2, 0.25) is 0 Å². The largest absolute Gasteiger partial charge is 0.508 e. The molecule has 212 valence electrons. The summed E-state index contributed by atoms with van der Waals surface area (Å²) >= 11 is 7.30. The molecule has 1 aliphatic rings. The van der Waals surface area contributed by atoms with E-state index in [9.17, 15) is 15.3 Å². The van der Waals surface area contributed by atoms with Crippen LogP contribution in [0, 0.1) is 10.0 Å². The van der Waals surface area contributed by atoms with Crippen LogP contribution in [-0.2, 0) is 22.6 Å². The number of phenolic OH excluding ortho intramolecular Hbond substituents is 1. The lowest BCUT2D eigenvalue weighted by atomic mass is 9.90. The third-order valence-corrected chi connectivity index (χ3v) is 8.51. The number of benzene rings is 3. The number of ether oxygens (including phenoxy) is 1. The maximum atomic E-state index is 13.0. The predicted octanol–water partition coefficient (Wildman–Crippen LogP) is 6.31. The number of hydrogen-bond donors (Lipinski definition) is 3. The van der Waals surface area contributed by atoms with Gasteiger partial charge in [-0.2, -0.15) is 0 Å². The van der Waals surface area contributed by atoms with E-state index in [4.69, 9.17) is 21.9 Å². The molecule has 0 saturated heterocycles. The van der Waals surface area contributed by atoms with Gasteiger partial charge in [-0.1, -0.05) is 60.4 Å². The fourth-order valence-corrected chi connectivity index (χ4v) is 6.33. The Morgan fingerprint density at radius 1 is 1.00 bits per heavy atom. The number of nitrogens with zero attached hydrogens (tertiary/aromatic N) is 3. The monoisotopic (exact) mass is 595 g/mol. The molecule has 0 radical (unpaired) electrons. The number of hydrogen-bond acceptors (Lipinski definition) is 7. The van der Waals surface area contributed by atoms with E-state index in [2.05, 4.69) is 5.32 Å². The molecule has 0 bridgehead atoms. The Labute approximate surface area is 252 Å². The van der Waals surface area contributed by atoms with Crippen molar-refractivity contribution in [2.45, 2.75) is 37.6 Å². The molecule has 2 aromatic heterocycles. The molecule has 42 heavy (non-hydrogen) atoms. The second-order valence-corrected chi connectivity index (χ2v) is 12.0. The number of carbonyl (C=O) groups is 1. The van der Waals surface area contributed by atoms with Gasteiger partial charge in [0.1, 0.15) is 15.9 Å². The summed E-state index contributed by atoms with van der Waals surface area (Å²) < 4.78 is 10.5. The Balaban J connectivity index is 1.56. The molecular weight excluding hydrogens is 567 g/mol. The summed E-state index contributed by atoms with van der Waals surface area (Å²) in [5.41, 5.74) is 4.47. The van der Waals surface area contributed by atoms with E-state index in [0.29, 0.717) is 39.5 Å². The summed E-state index contributed by atoms with van der Waals surface area (Å²) in [6.07, 6.45) is 0.585. The Kier molecular flexibility index (Phi) is 7.44. The van der Waals surface area contributed by atoms with Crippen LogP contribution in [0.15, 0.2) is 90.1 Å². The Bertz CT molecular complexity index is 1920. The van der Waals surface area contributed by atoms with E-state index in [0.717, 1.165) is 22.5 Å². The van der Waals surface area contributed by atoms with Crippen molar-refractivity contribution in [3.05, 3.63) is 106 Å². The van der Waals surface area contributed by atoms with Gasteiger partial charge in [-0.3, -0.25) is 19.3 Å². The van der Waals surface area contributed by atoms with Crippen molar-refractivity contribution in [1.82, 2.24) is 14.1 Å². The number of thioether (sulfide) groups is 1. The highest BCUT2D eigenvalue weighted by Gasteiger charge is 2.31. The van der Waals surface area contributed by atoms with Crippen LogP contribution in [-0.4, -0.2) is 36.5 Å². The molecule has 0 atom stereocenters. The van der Waals surface area contributed by atoms with Crippen molar-refractivity contribution in [3.8, 4) is 17.1 Å². The number of pyridine rings is 1. The van der Waals surface area contributed by atoms with Gasteiger partial charge < -0.3 is 15.2 Å². The molecule has 10 heteroatoms. The molecule has 3 N–H and O–H groups in total. The number of rotatable bonds is 6. The van der Waals surface area contributed by atoms with E-state index in [1.807, 2.05) is 79.1 Å². The van der Waals surface area contributed by atoms with Gasteiger partial charge in [-0.25, -0.2) is 4.98 Å². The molecule has 1 amide bonds. The molecule has 3 aromatic carbocycles. The smallest absolute Gasteiger partial charge is 0.234 e. The average Bonchev–Trinajstić information content (AvgIpc) is 2.97. The minimum absolute atomic E-state index is 0.0591. The van der Waals surface area contributed by atoms with Crippen molar-refractivity contribution in [2.24, 2.45) is 0 Å². The van der Waals surface area contributed by atoms with Gasteiger partial charge in [-0.15, -0.1) is 0 Å². The first-order valence-electron chi connectivity index (χ1n) is 13.5. The second-order valence-electron chi connectivity index (χ2n) is 10.7. The number of fused-ring (bicyclic) bond motifs is 3. The minimum Gasteiger partial charge on any atom is -0.508 e. The van der Waals surface area contributed by atoms with Crippen LogP contribution in [0.4, 0.5) is 5.69 Å². The minimum atomic E-state index is -0.426. The van der Waals surface area contributed by atoms with Gasteiger partial charge in [0.25, 0.3) is 0 Å². The number of aromatic nitrogens is 3. The maximum Gasteiger partial charge on any atom is 0.234 e. The van der Waals surface area contributed by atoms with Crippen molar-refractivity contribution in [2.75, 3.05) is 11.1 Å². The van der Waals surface area contributed by atoms with Gasteiger partial charge in [0.05, 0.1) is 23.3 Å². The summed E-state index contributed by atoms with van der Waals surface area (Å²) in [5.74, 6) is -0.0497. The van der Waals surface area contributed by atoms with Crippen LogP contribution in [0.25, 0.3) is 22.4 Å². The van der Waals surface area contributed by atoms with E-state index >= 15 is 0 Å². The predicted molar refractivity (Wildman–Crippen MR) is 167 cm³/mol. The number of nitrogens with one attached hydrogen (secondary N) is 2. The molecule has 0 aliphatic carbocycles. The zero-order chi connectivity index (χ0) is 29.4. The molecule has 8 nitrogen and oxygen atoms in total. The van der Waals surface area contributed by atoms with Crippen LogP contribution in [0.3, 0.4) is 0 Å². The normalized spacial score (nSPS) is 14.0. The standard InChI is InChI=1S/C32H29N5O3S2/c1-32(2)17-24-25(18-40-32)30(41)37(22-11-7-4-8-12-22)29-27(24)28(33)36(21-9-5-3-6-10-21)31(35-29)42-19-26(39)34-20-13-15-23(38)16-14-20/h3-16,33,38H,17-19H2,1-2H3,(H,34,39). The fraction of sp³-hybridized carbons (Fsp3) is 0.188. The zero-order valence-corrected chi connectivity index (χ0v) is 24.8. The lowest BCUT2D eigenvalue weighted by Crippen LogP contribution is -2.35. The number of phenols is 1. The molecule has 0 saturated carbocycles. The number of anilines is 1. The van der Waals surface area contributed by atoms with Crippen molar-refractivity contribution >= 4 is 46.6 Å². The van der Waals surface area contributed by atoms with Crippen LogP contribution in [0.5, 0.6) is 5.75 Å². The van der Waals surface area contributed by atoms with Crippen LogP contribution < -0.4 is 10.8 Å². The zero-order valence-electron chi connectivity index (χ0n) is 23.1. The van der Waals surface area contributed by atoms with Gasteiger partial charge in [-0.05, 0) is 67.9 Å². The Hall–Kier alpha value is -4.25. The Morgan fingerprint density at radius 3 is 2.26 bits per heavy atom. The molecule has 6 rings (SSSR count).